The van der Waals surface area contributed by atoms with Crippen LogP contribution in [0.15, 0.2) is 72.0 Å². The zero-order valence-corrected chi connectivity index (χ0v) is 20.1. The first-order valence-electron chi connectivity index (χ1n) is 11.0. The first-order valence-corrected chi connectivity index (χ1v) is 12.0. The molecular weight excluding hydrogens is 446 g/mol. The summed E-state index contributed by atoms with van der Waals surface area (Å²) in [7, 11) is 0. The minimum absolute atomic E-state index is 0.0179. The lowest BCUT2D eigenvalue weighted by Crippen LogP contribution is -2.49. The SMILES string of the molecule is Cc1nc(SCc2cn(CC3=CC(C)(C)N(C(=O)c4ccccc4)c4ccccc43)nn2)n[nH]1. The number of aryl methyl sites for hydroxylation is 1. The Hall–Kier alpha value is -3.72. The summed E-state index contributed by atoms with van der Waals surface area (Å²) >= 11 is 1.52. The second kappa shape index (κ2) is 8.90. The third kappa shape index (κ3) is 4.38. The smallest absolute Gasteiger partial charge is 0.259 e. The number of nitrogens with zero attached hydrogens (tertiary/aromatic N) is 6. The summed E-state index contributed by atoms with van der Waals surface area (Å²) in [4.78, 5) is 19.7. The molecule has 34 heavy (non-hydrogen) atoms. The molecule has 1 aliphatic heterocycles. The fourth-order valence-corrected chi connectivity index (χ4v) is 4.93. The van der Waals surface area contributed by atoms with E-state index in [2.05, 4.69) is 51.5 Å². The van der Waals surface area contributed by atoms with Crippen LogP contribution in [0.4, 0.5) is 5.69 Å². The fourth-order valence-electron chi connectivity index (χ4n) is 4.21. The van der Waals surface area contributed by atoms with Crippen molar-refractivity contribution >= 4 is 28.9 Å². The number of para-hydroxylation sites is 1. The third-order valence-corrected chi connectivity index (χ3v) is 6.54. The molecule has 0 spiro atoms. The molecule has 1 aliphatic rings. The summed E-state index contributed by atoms with van der Waals surface area (Å²) in [6.07, 6.45) is 4.10. The second-order valence-corrected chi connectivity index (χ2v) is 9.69. The van der Waals surface area contributed by atoms with Crippen LogP contribution >= 0.6 is 11.8 Å². The molecule has 0 bridgehead atoms. The van der Waals surface area contributed by atoms with Crippen molar-refractivity contribution in [3.8, 4) is 0 Å². The number of thioether (sulfide) groups is 1. The number of anilines is 1. The summed E-state index contributed by atoms with van der Waals surface area (Å²) < 4.78 is 1.84. The molecule has 0 fully saturated rings. The van der Waals surface area contributed by atoms with Gasteiger partial charge in [-0.25, -0.2) is 9.67 Å². The lowest BCUT2D eigenvalue weighted by Gasteiger charge is -2.42. The molecule has 1 amide bonds. The number of hydrogen-bond donors (Lipinski definition) is 1. The van der Waals surface area contributed by atoms with E-state index in [0.29, 0.717) is 23.0 Å². The first kappa shape index (κ1) is 22.1. The molecule has 9 heteroatoms. The number of amides is 1. The number of aromatic amines is 1. The molecule has 3 heterocycles. The Morgan fingerprint density at radius 3 is 2.62 bits per heavy atom. The zero-order chi connectivity index (χ0) is 23.7. The van der Waals surface area contributed by atoms with Crippen molar-refractivity contribution in [1.82, 2.24) is 30.2 Å². The number of nitrogens with one attached hydrogen (secondary N) is 1. The summed E-state index contributed by atoms with van der Waals surface area (Å²) in [5, 5.41) is 16.3. The van der Waals surface area contributed by atoms with Gasteiger partial charge in [-0.05, 0) is 44.5 Å². The molecular formula is C25H25N7OS. The number of hydrogen-bond acceptors (Lipinski definition) is 6. The van der Waals surface area contributed by atoms with E-state index in [-0.39, 0.29) is 5.91 Å². The highest BCUT2D eigenvalue weighted by Crippen LogP contribution is 2.40. The van der Waals surface area contributed by atoms with E-state index in [1.165, 1.54) is 11.8 Å². The Kier molecular flexibility index (Phi) is 5.79. The van der Waals surface area contributed by atoms with Crippen LogP contribution in [0.2, 0.25) is 0 Å². The average molecular weight is 472 g/mol. The Morgan fingerprint density at radius 1 is 1.09 bits per heavy atom. The number of carbonyl (C=O) groups is 1. The van der Waals surface area contributed by atoms with Gasteiger partial charge in [0.05, 0.1) is 23.5 Å². The number of fused-ring (bicyclic) bond motifs is 1. The number of aromatic nitrogens is 6. The average Bonchev–Trinajstić information content (AvgIpc) is 3.46. The van der Waals surface area contributed by atoms with Crippen LogP contribution in [0.1, 0.15) is 41.3 Å². The van der Waals surface area contributed by atoms with E-state index in [1.807, 2.05) is 71.2 Å². The number of benzene rings is 2. The van der Waals surface area contributed by atoms with Gasteiger partial charge < -0.3 is 0 Å². The van der Waals surface area contributed by atoms with Crippen molar-refractivity contribution < 1.29 is 4.79 Å². The predicted octanol–water partition coefficient (Wildman–Crippen LogP) is 4.52. The maximum atomic E-state index is 13.5. The van der Waals surface area contributed by atoms with Crippen LogP contribution in [-0.4, -0.2) is 41.6 Å². The maximum absolute atomic E-state index is 13.5. The van der Waals surface area contributed by atoms with Crippen LogP contribution in [-0.2, 0) is 12.3 Å². The topological polar surface area (TPSA) is 92.6 Å². The van der Waals surface area contributed by atoms with Crippen LogP contribution in [0, 0.1) is 6.92 Å². The number of rotatable bonds is 6. The molecule has 8 nitrogen and oxygen atoms in total. The fraction of sp³-hybridized carbons (Fsp3) is 0.240. The number of H-pyrrole nitrogens is 1. The van der Waals surface area contributed by atoms with Crippen molar-refractivity contribution in [2.45, 2.75) is 43.8 Å². The molecule has 2 aromatic heterocycles. The molecule has 0 aliphatic carbocycles. The van der Waals surface area contributed by atoms with Crippen molar-refractivity contribution in [3.63, 3.8) is 0 Å². The van der Waals surface area contributed by atoms with Gasteiger partial charge in [-0.3, -0.25) is 14.8 Å². The number of allylic oxidation sites excluding steroid dienone is 1. The van der Waals surface area contributed by atoms with Crippen molar-refractivity contribution in [1.29, 1.82) is 0 Å². The zero-order valence-electron chi connectivity index (χ0n) is 19.3. The minimum Gasteiger partial charge on any atom is -0.299 e. The molecule has 172 valence electrons. The first-order chi connectivity index (χ1) is 16.4. The van der Waals surface area contributed by atoms with E-state index in [0.717, 1.165) is 28.3 Å². The highest BCUT2D eigenvalue weighted by molar-refractivity contribution is 7.98. The summed E-state index contributed by atoms with van der Waals surface area (Å²) in [5.74, 6) is 1.41. The molecule has 5 rings (SSSR count). The predicted molar refractivity (Wildman–Crippen MR) is 132 cm³/mol. The van der Waals surface area contributed by atoms with Gasteiger partial charge in [0.1, 0.15) is 5.82 Å². The summed E-state index contributed by atoms with van der Waals surface area (Å²) in [5.41, 5.74) is 4.04. The van der Waals surface area contributed by atoms with E-state index >= 15 is 0 Å². The Labute approximate surface area is 202 Å². The monoisotopic (exact) mass is 471 g/mol. The molecule has 2 aromatic carbocycles. The Balaban J connectivity index is 1.39. The largest absolute Gasteiger partial charge is 0.299 e. The maximum Gasteiger partial charge on any atom is 0.259 e. The lowest BCUT2D eigenvalue weighted by molar-refractivity contribution is 0.0970. The molecule has 0 saturated heterocycles. The van der Waals surface area contributed by atoms with Gasteiger partial charge in [0.2, 0.25) is 5.16 Å². The Morgan fingerprint density at radius 2 is 1.85 bits per heavy atom. The van der Waals surface area contributed by atoms with Gasteiger partial charge in [0.15, 0.2) is 0 Å². The van der Waals surface area contributed by atoms with Crippen LogP contribution < -0.4 is 4.90 Å². The van der Waals surface area contributed by atoms with Crippen molar-refractivity contribution in [2.24, 2.45) is 0 Å². The van der Waals surface area contributed by atoms with E-state index in [9.17, 15) is 4.79 Å². The van der Waals surface area contributed by atoms with Crippen molar-refractivity contribution in [2.75, 3.05) is 4.90 Å². The molecule has 0 unspecified atom stereocenters. The van der Waals surface area contributed by atoms with Gasteiger partial charge in [0.25, 0.3) is 5.91 Å². The molecule has 4 aromatic rings. The summed E-state index contributed by atoms with van der Waals surface area (Å²) in [6.45, 7) is 6.56. The molecule has 0 saturated carbocycles. The molecule has 1 N–H and O–H groups in total. The van der Waals surface area contributed by atoms with E-state index in [4.69, 9.17) is 0 Å². The van der Waals surface area contributed by atoms with Crippen LogP contribution in [0.5, 0.6) is 0 Å². The molecule has 0 radical (unpaired) electrons. The van der Waals surface area contributed by atoms with Gasteiger partial charge in [-0.2, -0.15) is 0 Å². The normalized spacial score (nSPS) is 14.6. The Bertz CT molecular complexity index is 1360. The minimum atomic E-state index is -0.515. The lowest BCUT2D eigenvalue weighted by atomic mass is 9.87. The van der Waals surface area contributed by atoms with Gasteiger partial charge >= 0.3 is 0 Å². The van der Waals surface area contributed by atoms with Gasteiger partial charge in [-0.1, -0.05) is 59.4 Å². The highest BCUT2D eigenvalue weighted by atomic mass is 32.2. The van der Waals surface area contributed by atoms with Gasteiger partial charge in [-0.15, -0.1) is 10.2 Å². The van der Waals surface area contributed by atoms with Crippen LogP contribution in [0.25, 0.3) is 5.57 Å². The van der Waals surface area contributed by atoms with Crippen molar-refractivity contribution in [3.05, 3.63) is 89.5 Å². The van der Waals surface area contributed by atoms with Gasteiger partial charge in [0, 0.05) is 23.1 Å². The van der Waals surface area contributed by atoms with Crippen LogP contribution in [0.3, 0.4) is 0 Å². The second-order valence-electron chi connectivity index (χ2n) is 8.75. The molecule has 0 atom stereocenters. The highest BCUT2D eigenvalue weighted by Gasteiger charge is 2.37. The standard InChI is InChI=1S/C25H25N7OS/c1-17-26-24(29-27-17)34-16-20-15-31(30-28-20)14-19-13-25(2,3)32(22-12-8-7-11-21(19)22)23(33)18-9-5-4-6-10-18/h4-13,15H,14,16H2,1-3H3,(H,26,27,29). The quantitative estimate of drug-likeness (QED) is 0.416. The van der Waals surface area contributed by atoms with E-state index < -0.39 is 5.54 Å². The third-order valence-electron chi connectivity index (χ3n) is 5.66. The summed E-state index contributed by atoms with van der Waals surface area (Å²) in [6, 6.07) is 17.4. The number of carbonyl (C=O) groups excluding carboxylic acids is 1. The van der Waals surface area contributed by atoms with E-state index in [1.54, 1.807) is 0 Å².